The number of Topliss-reactive ketones (excluding diaryl/α,β-unsaturated/α-hetero) is 2. The summed E-state index contributed by atoms with van der Waals surface area (Å²) in [5.41, 5.74) is 2.63. The van der Waals surface area contributed by atoms with Gasteiger partial charge >= 0.3 is 0 Å². The summed E-state index contributed by atoms with van der Waals surface area (Å²) in [6.07, 6.45) is 0.409. The van der Waals surface area contributed by atoms with Crippen LogP contribution in [0.25, 0.3) is 10.9 Å². The number of rotatable bonds is 8. The maximum absolute atomic E-state index is 13.1. The van der Waals surface area contributed by atoms with Gasteiger partial charge in [-0.15, -0.1) is 0 Å². The van der Waals surface area contributed by atoms with E-state index < -0.39 is 5.25 Å². The van der Waals surface area contributed by atoms with E-state index in [1.807, 2.05) is 6.07 Å². The van der Waals surface area contributed by atoms with Crippen LogP contribution in [0, 0.1) is 13.8 Å². The van der Waals surface area contributed by atoms with Gasteiger partial charge in [-0.1, -0.05) is 23.9 Å². The van der Waals surface area contributed by atoms with Crippen molar-refractivity contribution in [3.8, 4) is 0 Å². The van der Waals surface area contributed by atoms with Gasteiger partial charge in [0, 0.05) is 24.4 Å². The lowest BCUT2D eigenvalue weighted by atomic mass is 10.0. The first-order valence-electron chi connectivity index (χ1n) is 9.77. The highest BCUT2D eigenvalue weighted by molar-refractivity contribution is 8.00. The molecule has 1 aromatic carbocycles. The van der Waals surface area contributed by atoms with Crippen molar-refractivity contribution in [3.63, 3.8) is 0 Å². The number of benzene rings is 1. The summed E-state index contributed by atoms with van der Waals surface area (Å²) in [4.78, 5) is 45.6. The van der Waals surface area contributed by atoms with Gasteiger partial charge in [0.05, 0.1) is 21.8 Å². The molecule has 0 aliphatic rings. The molecule has 2 aromatic heterocycles. The van der Waals surface area contributed by atoms with Gasteiger partial charge in [-0.2, -0.15) is 0 Å². The van der Waals surface area contributed by atoms with Crippen molar-refractivity contribution in [2.75, 3.05) is 6.61 Å². The van der Waals surface area contributed by atoms with Gasteiger partial charge in [0.15, 0.2) is 16.7 Å². The highest BCUT2D eigenvalue weighted by Crippen LogP contribution is 2.27. The maximum atomic E-state index is 13.1. The summed E-state index contributed by atoms with van der Waals surface area (Å²) in [6, 6.07) is 7.08. The number of carbonyl (C=O) groups is 2. The Kier molecular flexibility index (Phi) is 6.58. The number of aromatic nitrogens is 3. The molecule has 3 rings (SSSR count). The molecule has 158 valence electrons. The normalized spacial score (nSPS) is 12.3. The van der Waals surface area contributed by atoms with Gasteiger partial charge < -0.3 is 10.1 Å². The molecule has 0 bridgehead atoms. The Balaban J connectivity index is 1.99. The van der Waals surface area contributed by atoms with Gasteiger partial charge in [0.25, 0.3) is 5.56 Å². The number of carbonyl (C=O) groups excluding carboxylic acids is 2. The van der Waals surface area contributed by atoms with Crippen molar-refractivity contribution in [2.45, 2.75) is 51.1 Å². The summed E-state index contributed by atoms with van der Waals surface area (Å²) in [6.45, 7) is 7.03. The van der Waals surface area contributed by atoms with E-state index in [2.05, 4.69) is 9.97 Å². The Morgan fingerprint density at radius 3 is 2.60 bits per heavy atom. The summed E-state index contributed by atoms with van der Waals surface area (Å²) >= 11 is 1.20. The number of aromatic amines is 1. The molecule has 0 saturated heterocycles. The molecule has 7 nitrogen and oxygen atoms in total. The molecule has 0 amide bonds. The monoisotopic (exact) mass is 427 g/mol. The number of nitrogens with zero attached hydrogens (tertiary/aromatic N) is 2. The first-order chi connectivity index (χ1) is 14.3. The summed E-state index contributed by atoms with van der Waals surface area (Å²) in [5, 5.41) is 9.62. The van der Waals surface area contributed by atoms with Gasteiger partial charge in [0.1, 0.15) is 0 Å². The number of para-hydroxylation sites is 1. The van der Waals surface area contributed by atoms with E-state index in [-0.39, 0.29) is 23.7 Å². The second kappa shape index (κ2) is 8.97. The fourth-order valence-electron chi connectivity index (χ4n) is 3.60. The molecule has 3 aromatic rings. The Morgan fingerprint density at radius 2 is 1.97 bits per heavy atom. The van der Waals surface area contributed by atoms with E-state index in [4.69, 9.17) is 0 Å². The molecule has 0 aliphatic heterocycles. The van der Waals surface area contributed by atoms with Crippen molar-refractivity contribution in [1.29, 1.82) is 0 Å². The summed E-state index contributed by atoms with van der Waals surface area (Å²) < 4.78 is 1.51. The zero-order valence-corrected chi connectivity index (χ0v) is 18.3. The van der Waals surface area contributed by atoms with Gasteiger partial charge in [0.2, 0.25) is 0 Å². The van der Waals surface area contributed by atoms with Crippen LogP contribution in [0.2, 0.25) is 0 Å². The van der Waals surface area contributed by atoms with Crippen LogP contribution in [0.3, 0.4) is 0 Å². The minimum Gasteiger partial charge on any atom is -0.396 e. The van der Waals surface area contributed by atoms with Crippen LogP contribution >= 0.6 is 11.8 Å². The fraction of sp³-hybridized carbons (Fsp3) is 0.364. The third-order valence-corrected chi connectivity index (χ3v) is 6.14. The van der Waals surface area contributed by atoms with Crippen LogP contribution in [0.4, 0.5) is 0 Å². The van der Waals surface area contributed by atoms with Crippen molar-refractivity contribution >= 4 is 34.2 Å². The molecule has 2 N–H and O–H groups in total. The minimum absolute atomic E-state index is 0.0490. The molecule has 0 spiro atoms. The zero-order chi connectivity index (χ0) is 22.0. The second-order valence-corrected chi connectivity index (χ2v) is 8.56. The van der Waals surface area contributed by atoms with E-state index in [1.165, 1.54) is 23.3 Å². The van der Waals surface area contributed by atoms with Crippen LogP contribution in [0.5, 0.6) is 0 Å². The number of hydrogen-bond acceptors (Lipinski definition) is 6. The lowest BCUT2D eigenvalue weighted by Crippen LogP contribution is -2.25. The number of H-pyrrole nitrogens is 1. The Labute approximate surface area is 178 Å². The minimum atomic E-state index is -0.532. The Hall–Kier alpha value is -2.71. The zero-order valence-electron chi connectivity index (χ0n) is 17.5. The Morgan fingerprint density at radius 1 is 1.27 bits per heavy atom. The molecule has 30 heavy (non-hydrogen) atoms. The highest BCUT2D eigenvalue weighted by Gasteiger charge is 2.26. The van der Waals surface area contributed by atoms with Crippen LogP contribution in [0.15, 0.2) is 34.2 Å². The van der Waals surface area contributed by atoms with E-state index in [9.17, 15) is 19.5 Å². The maximum Gasteiger partial charge on any atom is 0.262 e. The van der Waals surface area contributed by atoms with Gasteiger partial charge in [-0.25, -0.2) is 4.98 Å². The number of aryl methyl sites for hydroxylation is 1. The number of fused-ring (bicyclic) bond motifs is 1. The molecule has 8 heteroatoms. The third-order valence-electron chi connectivity index (χ3n) is 5.05. The number of thioether (sulfide) groups is 1. The predicted octanol–water partition coefficient (Wildman–Crippen LogP) is 3.29. The van der Waals surface area contributed by atoms with E-state index in [1.54, 1.807) is 39.0 Å². The fourth-order valence-corrected chi connectivity index (χ4v) is 4.60. The molecule has 0 aliphatic carbocycles. The lowest BCUT2D eigenvalue weighted by molar-refractivity contribution is 0.0988. The third kappa shape index (κ3) is 4.11. The molecule has 0 radical (unpaired) electrons. The summed E-state index contributed by atoms with van der Waals surface area (Å²) in [5.74, 6) is -0.251. The number of nitrogens with one attached hydrogen (secondary N) is 1. The number of hydrogen-bond donors (Lipinski definition) is 2. The van der Waals surface area contributed by atoms with Crippen molar-refractivity contribution in [2.24, 2.45) is 0 Å². The number of ketones is 2. The smallest absolute Gasteiger partial charge is 0.262 e. The molecule has 2 heterocycles. The second-order valence-electron chi connectivity index (χ2n) is 7.25. The lowest BCUT2D eigenvalue weighted by Gasteiger charge is -2.15. The average molecular weight is 428 g/mol. The van der Waals surface area contributed by atoms with Crippen LogP contribution < -0.4 is 5.56 Å². The van der Waals surface area contributed by atoms with Crippen LogP contribution in [-0.2, 0) is 6.54 Å². The molecule has 0 fully saturated rings. The van der Waals surface area contributed by atoms with Gasteiger partial charge in [-0.3, -0.25) is 19.0 Å². The molecular weight excluding hydrogens is 402 g/mol. The largest absolute Gasteiger partial charge is 0.396 e. The standard InChI is InChI=1S/C22H25N3O4S/c1-12-18(14(3)27)13(2)23-19(12)20(28)15(4)30-22-24-17-9-6-5-8-16(17)21(29)25(22)10-7-11-26/h5-6,8-9,15,23,26H,7,10-11H2,1-4H3. The SMILES string of the molecule is CC(=O)c1c(C)[nH]c(C(=O)C(C)Sc2nc3ccccc3c(=O)n2CCCO)c1C. The highest BCUT2D eigenvalue weighted by atomic mass is 32.2. The van der Waals surface area contributed by atoms with Crippen LogP contribution in [-0.4, -0.2) is 43.1 Å². The van der Waals surface area contributed by atoms with Crippen molar-refractivity contribution < 1.29 is 14.7 Å². The Bertz CT molecular complexity index is 1180. The predicted molar refractivity (Wildman–Crippen MR) is 118 cm³/mol. The number of aliphatic hydroxyl groups is 1. The van der Waals surface area contributed by atoms with E-state index in [0.717, 1.165) is 0 Å². The quantitative estimate of drug-likeness (QED) is 0.325. The first kappa shape index (κ1) is 22.0. The van der Waals surface area contributed by atoms with E-state index in [0.29, 0.717) is 51.5 Å². The molecule has 1 atom stereocenters. The molecule has 0 saturated carbocycles. The van der Waals surface area contributed by atoms with E-state index >= 15 is 0 Å². The number of aliphatic hydroxyl groups excluding tert-OH is 1. The summed E-state index contributed by atoms with van der Waals surface area (Å²) in [7, 11) is 0. The topological polar surface area (TPSA) is 105 Å². The molecular formula is C22H25N3O4S. The van der Waals surface area contributed by atoms with Crippen LogP contribution in [0.1, 0.15) is 52.4 Å². The molecule has 1 unspecified atom stereocenters. The van der Waals surface area contributed by atoms with Crippen molar-refractivity contribution in [3.05, 3.63) is 57.1 Å². The van der Waals surface area contributed by atoms with Gasteiger partial charge in [-0.05, 0) is 51.8 Å². The first-order valence-corrected chi connectivity index (χ1v) is 10.7. The average Bonchev–Trinajstić information content (AvgIpc) is 3.01. The van der Waals surface area contributed by atoms with Crippen molar-refractivity contribution in [1.82, 2.24) is 14.5 Å².